The first-order chi connectivity index (χ1) is 8.25. The Hall–Kier alpha value is -2.56. The first-order valence-corrected chi connectivity index (χ1v) is 4.91. The van der Waals surface area contributed by atoms with E-state index in [0.29, 0.717) is 5.56 Å². The second-order valence-electron chi connectivity index (χ2n) is 3.27. The number of aromatic hydroxyl groups is 1. The van der Waals surface area contributed by atoms with Crippen molar-refractivity contribution in [2.75, 3.05) is 0 Å². The summed E-state index contributed by atoms with van der Waals surface area (Å²) in [7, 11) is 0. The highest BCUT2D eigenvalue weighted by atomic mass is 16.3. The molecule has 0 bridgehead atoms. The smallest absolute Gasteiger partial charge is 0.307 e. The molecule has 5 heteroatoms. The van der Waals surface area contributed by atoms with E-state index in [9.17, 15) is 9.90 Å². The van der Waals surface area contributed by atoms with Gasteiger partial charge in [-0.1, -0.05) is 12.1 Å². The SMILES string of the molecule is O=C(N/N=C/c1cccc(O)c1)c1ccco1. The van der Waals surface area contributed by atoms with E-state index in [1.807, 2.05) is 0 Å². The minimum absolute atomic E-state index is 0.145. The molecule has 0 spiro atoms. The Kier molecular flexibility index (Phi) is 3.20. The molecule has 5 nitrogen and oxygen atoms in total. The van der Waals surface area contributed by atoms with Crippen LogP contribution in [0.2, 0.25) is 0 Å². The molecule has 0 saturated heterocycles. The predicted molar refractivity (Wildman–Crippen MR) is 61.9 cm³/mol. The van der Waals surface area contributed by atoms with Crippen LogP contribution in [0.3, 0.4) is 0 Å². The Morgan fingerprint density at radius 3 is 2.94 bits per heavy atom. The number of benzene rings is 1. The van der Waals surface area contributed by atoms with Crippen LogP contribution in [0.4, 0.5) is 0 Å². The largest absolute Gasteiger partial charge is 0.508 e. The van der Waals surface area contributed by atoms with Crippen LogP contribution in [0.1, 0.15) is 16.1 Å². The van der Waals surface area contributed by atoms with E-state index in [1.165, 1.54) is 18.5 Å². The zero-order valence-corrected chi connectivity index (χ0v) is 8.83. The fourth-order valence-corrected chi connectivity index (χ4v) is 1.23. The lowest BCUT2D eigenvalue weighted by molar-refractivity contribution is 0.0927. The summed E-state index contributed by atoms with van der Waals surface area (Å²) in [5, 5.41) is 13.0. The van der Waals surface area contributed by atoms with Crippen molar-refractivity contribution in [3.63, 3.8) is 0 Å². The molecule has 0 unspecified atom stereocenters. The van der Waals surface area contributed by atoms with Gasteiger partial charge in [-0.15, -0.1) is 0 Å². The lowest BCUT2D eigenvalue weighted by Gasteiger charge is -1.96. The summed E-state index contributed by atoms with van der Waals surface area (Å²) >= 11 is 0. The number of amides is 1. The van der Waals surface area contributed by atoms with E-state index in [2.05, 4.69) is 10.5 Å². The van der Waals surface area contributed by atoms with Gasteiger partial charge in [-0.2, -0.15) is 5.10 Å². The van der Waals surface area contributed by atoms with Gasteiger partial charge in [0.15, 0.2) is 5.76 Å². The van der Waals surface area contributed by atoms with Crippen molar-refractivity contribution in [1.82, 2.24) is 5.43 Å². The van der Waals surface area contributed by atoms with Gasteiger partial charge in [-0.05, 0) is 29.8 Å². The number of hydrogen-bond acceptors (Lipinski definition) is 4. The van der Waals surface area contributed by atoms with E-state index >= 15 is 0 Å². The maximum Gasteiger partial charge on any atom is 0.307 e. The van der Waals surface area contributed by atoms with Gasteiger partial charge in [0.25, 0.3) is 0 Å². The van der Waals surface area contributed by atoms with Crippen molar-refractivity contribution in [1.29, 1.82) is 0 Å². The predicted octanol–water partition coefficient (Wildman–Crippen LogP) is 1.75. The molecule has 0 radical (unpaired) electrons. The summed E-state index contributed by atoms with van der Waals surface area (Å²) in [5.74, 6) is -0.0872. The third-order valence-electron chi connectivity index (χ3n) is 1.99. The number of phenolic OH excluding ortho intramolecular Hbond substituents is 1. The molecular formula is C12H10N2O3. The summed E-state index contributed by atoms with van der Waals surface area (Å²) in [6.45, 7) is 0. The molecule has 1 aromatic heterocycles. The summed E-state index contributed by atoms with van der Waals surface area (Å²) in [4.78, 5) is 11.4. The summed E-state index contributed by atoms with van der Waals surface area (Å²) in [6, 6.07) is 9.68. The van der Waals surface area contributed by atoms with Crippen LogP contribution in [0.15, 0.2) is 52.2 Å². The van der Waals surface area contributed by atoms with Crippen LogP contribution < -0.4 is 5.43 Å². The molecule has 0 aliphatic heterocycles. The van der Waals surface area contributed by atoms with Gasteiger partial charge in [0, 0.05) is 0 Å². The number of carbonyl (C=O) groups is 1. The van der Waals surface area contributed by atoms with E-state index in [1.54, 1.807) is 30.3 Å². The van der Waals surface area contributed by atoms with Gasteiger partial charge in [0.05, 0.1) is 12.5 Å². The zero-order chi connectivity index (χ0) is 12.1. The average Bonchev–Trinajstić information content (AvgIpc) is 2.82. The van der Waals surface area contributed by atoms with Crippen LogP contribution in [0.5, 0.6) is 5.75 Å². The van der Waals surface area contributed by atoms with Gasteiger partial charge in [0.1, 0.15) is 5.75 Å². The second-order valence-corrected chi connectivity index (χ2v) is 3.27. The Morgan fingerprint density at radius 2 is 2.24 bits per heavy atom. The van der Waals surface area contributed by atoms with Gasteiger partial charge >= 0.3 is 5.91 Å². The van der Waals surface area contributed by atoms with Crippen molar-refractivity contribution in [2.24, 2.45) is 5.10 Å². The number of nitrogens with one attached hydrogen (secondary N) is 1. The minimum Gasteiger partial charge on any atom is -0.508 e. The summed E-state index contributed by atoms with van der Waals surface area (Å²) in [6.07, 6.45) is 2.84. The van der Waals surface area contributed by atoms with Crippen molar-refractivity contribution < 1.29 is 14.3 Å². The fourth-order valence-electron chi connectivity index (χ4n) is 1.23. The second kappa shape index (κ2) is 4.98. The standard InChI is InChI=1S/C12H10N2O3/c15-10-4-1-3-9(7-10)8-13-14-12(16)11-5-2-6-17-11/h1-8,15H,(H,14,16)/b13-8+. The van der Waals surface area contributed by atoms with Crippen LogP contribution in [-0.4, -0.2) is 17.2 Å². The average molecular weight is 230 g/mol. The Morgan fingerprint density at radius 1 is 1.35 bits per heavy atom. The van der Waals surface area contributed by atoms with E-state index < -0.39 is 5.91 Å². The van der Waals surface area contributed by atoms with E-state index in [4.69, 9.17) is 4.42 Å². The Labute approximate surface area is 97.4 Å². The summed E-state index contributed by atoms with van der Waals surface area (Å²) in [5.41, 5.74) is 2.99. The van der Waals surface area contributed by atoms with E-state index in [-0.39, 0.29) is 11.5 Å². The van der Waals surface area contributed by atoms with Crippen molar-refractivity contribution in [3.8, 4) is 5.75 Å². The molecule has 0 aliphatic rings. The molecule has 1 aromatic carbocycles. The third-order valence-corrected chi connectivity index (χ3v) is 1.99. The lowest BCUT2D eigenvalue weighted by atomic mass is 10.2. The molecular weight excluding hydrogens is 220 g/mol. The first-order valence-electron chi connectivity index (χ1n) is 4.91. The van der Waals surface area contributed by atoms with Crippen LogP contribution in [0, 0.1) is 0 Å². The Balaban J connectivity index is 1.96. The summed E-state index contributed by atoms with van der Waals surface area (Å²) < 4.78 is 4.89. The highest BCUT2D eigenvalue weighted by molar-refractivity contribution is 5.92. The zero-order valence-electron chi connectivity index (χ0n) is 8.83. The lowest BCUT2D eigenvalue weighted by Crippen LogP contribution is -2.16. The van der Waals surface area contributed by atoms with Gasteiger partial charge in [0.2, 0.25) is 0 Å². The van der Waals surface area contributed by atoms with Crippen molar-refractivity contribution in [3.05, 3.63) is 54.0 Å². The highest BCUT2D eigenvalue weighted by Crippen LogP contribution is 2.08. The molecule has 86 valence electrons. The molecule has 0 atom stereocenters. The number of carbonyl (C=O) groups excluding carboxylic acids is 1. The third kappa shape index (κ3) is 2.94. The fraction of sp³-hybridized carbons (Fsp3) is 0. The van der Waals surface area contributed by atoms with Gasteiger partial charge < -0.3 is 9.52 Å². The Bertz CT molecular complexity index is 532. The molecule has 0 aliphatic carbocycles. The molecule has 1 amide bonds. The number of nitrogens with zero attached hydrogens (tertiary/aromatic N) is 1. The topological polar surface area (TPSA) is 74.8 Å². The number of hydrogen-bond donors (Lipinski definition) is 2. The van der Waals surface area contributed by atoms with Crippen LogP contribution in [0.25, 0.3) is 0 Å². The molecule has 2 rings (SSSR count). The quantitative estimate of drug-likeness (QED) is 0.623. The highest BCUT2D eigenvalue weighted by Gasteiger charge is 2.05. The van der Waals surface area contributed by atoms with Crippen LogP contribution >= 0.6 is 0 Å². The first kappa shape index (κ1) is 10.9. The van der Waals surface area contributed by atoms with Gasteiger partial charge in [-0.25, -0.2) is 5.43 Å². The molecule has 2 aromatic rings. The normalized spacial score (nSPS) is 10.6. The number of phenols is 1. The molecule has 0 fully saturated rings. The maximum absolute atomic E-state index is 11.4. The van der Waals surface area contributed by atoms with Gasteiger partial charge in [-0.3, -0.25) is 4.79 Å². The van der Waals surface area contributed by atoms with Crippen molar-refractivity contribution >= 4 is 12.1 Å². The van der Waals surface area contributed by atoms with Crippen molar-refractivity contribution in [2.45, 2.75) is 0 Å². The number of rotatable bonds is 3. The van der Waals surface area contributed by atoms with Crippen LogP contribution in [-0.2, 0) is 0 Å². The molecule has 2 N–H and O–H groups in total. The maximum atomic E-state index is 11.4. The minimum atomic E-state index is -0.425. The number of furan rings is 1. The number of hydrazone groups is 1. The molecule has 1 heterocycles. The van der Waals surface area contributed by atoms with E-state index in [0.717, 1.165) is 0 Å². The monoisotopic (exact) mass is 230 g/mol. The molecule has 0 saturated carbocycles. The molecule has 17 heavy (non-hydrogen) atoms.